The van der Waals surface area contributed by atoms with Gasteiger partial charge in [0, 0.05) is 11.1 Å². The Labute approximate surface area is 139 Å². The first-order valence-electron chi connectivity index (χ1n) is 8.08. The van der Waals surface area contributed by atoms with Crippen molar-refractivity contribution >= 4 is 11.9 Å². The SMILES string of the molecule is C=C(NC1(C(=O)OCC)CC(C)(C)NC(C)(C)C1)C(=O)OCC. The number of carbonyl (C=O) groups is 2. The van der Waals surface area contributed by atoms with Gasteiger partial charge >= 0.3 is 11.9 Å². The van der Waals surface area contributed by atoms with E-state index in [1.54, 1.807) is 13.8 Å². The second kappa shape index (κ2) is 6.91. The van der Waals surface area contributed by atoms with Gasteiger partial charge in [0.2, 0.25) is 0 Å². The Balaban J connectivity index is 3.15. The summed E-state index contributed by atoms with van der Waals surface area (Å²) >= 11 is 0. The van der Waals surface area contributed by atoms with Gasteiger partial charge in [-0.1, -0.05) is 6.58 Å². The summed E-state index contributed by atoms with van der Waals surface area (Å²) in [5.74, 6) is -0.918. The van der Waals surface area contributed by atoms with Crippen LogP contribution in [0, 0.1) is 0 Å². The molecule has 0 bridgehead atoms. The van der Waals surface area contributed by atoms with Gasteiger partial charge in [0.15, 0.2) is 0 Å². The normalized spacial score (nSPS) is 21.1. The summed E-state index contributed by atoms with van der Waals surface area (Å²) < 4.78 is 10.3. The van der Waals surface area contributed by atoms with Crippen molar-refractivity contribution in [3.05, 3.63) is 12.3 Å². The molecule has 0 unspecified atom stereocenters. The quantitative estimate of drug-likeness (QED) is 0.573. The van der Waals surface area contributed by atoms with Crippen LogP contribution >= 0.6 is 0 Å². The van der Waals surface area contributed by atoms with E-state index in [1.807, 2.05) is 27.7 Å². The highest BCUT2D eigenvalue weighted by atomic mass is 16.5. The second-order valence-electron chi connectivity index (χ2n) is 7.37. The van der Waals surface area contributed by atoms with Crippen LogP contribution in [0.5, 0.6) is 0 Å². The van der Waals surface area contributed by atoms with Crippen molar-refractivity contribution in [2.24, 2.45) is 0 Å². The van der Waals surface area contributed by atoms with Crippen molar-refractivity contribution in [2.45, 2.75) is 71.0 Å². The zero-order chi connectivity index (χ0) is 17.9. The smallest absolute Gasteiger partial charge is 0.353 e. The van der Waals surface area contributed by atoms with E-state index in [0.29, 0.717) is 12.8 Å². The molecule has 2 N–H and O–H groups in total. The molecule has 1 saturated heterocycles. The highest BCUT2D eigenvalue weighted by Crippen LogP contribution is 2.37. The van der Waals surface area contributed by atoms with Crippen LogP contribution in [0.25, 0.3) is 0 Å². The summed E-state index contributed by atoms with van der Waals surface area (Å²) in [6.07, 6.45) is 0.946. The molecule has 0 aliphatic carbocycles. The molecule has 132 valence electrons. The summed E-state index contributed by atoms with van der Waals surface area (Å²) in [4.78, 5) is 24.6. The van der Waals surface area contributed by atoms with Crippen molar-refractivity contribution in [3.8, 4) is 0 Å². The molecule has 0 aromatic carbocycles. The molecule has 0 spiro atoms. The third kappa shape index (κ3) is 4.96. The van der Waals surface area contributed by atoms with Crippen LogP contribution in [0.4, 0.5) is 0 Å². The summed E-state index contributed by atoms with van der Waals surface area (Å²) in [6.45, 7) is 15.9. The molecule has 1 aliphatic heterocycles. The Morgan fingerprint density at radius 3 is 1.96 bits per heavy atom. The van der Waals surface area contributed by atoms with Gasteiger partial charge in [-0.05, 0) is 54.4 Å². The van der Waals surface area contributed by atoms with E-state index in [0.717, 1.165) is 0 Å². The fourth-order valence-corrected chi connectivity index (χ4v) is 3.69. The number of ether oxygens (including phenoxy) is 2. The third-order valence-electron chi connectivity index (χ3n) is 3.74. The van der Waals surface area contributed by atoms with Crippen LogP contribution in [0.1, 0.15) is 54.4 Å². The highest BCUT2D eigenvalue weighted by Gasteiger charge is 2.53. The van der Waals surface area contributed by atoms with Crippen LogP contribution in [0.15, 0.2) is 12.3 Å². The zero-order valence-corrected chi connectivity index (χ0v) is 15.2. The van der Waals surface area contributed by atoms with E-state index in [4.69, 9.17) is 9.47 Å². The molecule has 6 heteroatoms. The minimum atomic E-state index is -1.02. The van der Waals surface area contributed by atoms with Gasteiger partial charge in [-0.25, -0.2) is 9.59 Å². The van der Waals surface area contributed by atoms with Crippen molar-refractivity contribution < 1.29 is 19.1 Å². The van der Waals surface area contributed by atoms with Gasteiger partial charge in [-0.2, -0.15) is 0 Å². The Morgan fingerprint density at radius 1 is 1.04 bits per heavy atom. The molecule has 1 aliphatic rings. The van der Waals surface area contributed by atoms with Crippen molar-refractivity contribution in [2.75, 3.05) is 13.2 Å². The lowest BCUT2D eigenvalue weighted by atomic mass is 9.70. The Hall–Kier alpha value is -1.56. The summed E-state index contributed by atoms with van der Waals surface area (Å²) in [6, 6.07) is 0. The predicted octanol–water partition coefficient (Wildman–Crippen LogP) is 1.90. The van der Waals surface area contributed by atoms with E-state index >= 15 is 0 Å². The number of rotatable bonds is 6. The molecule has 0 aromatic rings. The first kappa shape index (κ1) is 19.5. The minimum Gasteiger partial charge on any atom is -0.464 e. The predicted molar refractivity (Wildman–Crippen MR) is 88.8 cm³/mol. The number of carbonyl (C=O) groups excluding carboxylic acids is 2. The Morgan fingerprint density at radius 2 is 1.52 bits per heavy atom. The monoisotopic (exact) mass is 326 g/mol. The highest BCUT2D eigenvalue weighted by molar-refractivity contribution is 5.90. The molecule has 23 heavy (non-hydrogen) atoms. The molecule has 0 atom stereocenters. The van der Waals surface area contributed by atoms with E-state index in [-0.39, 0.29) is 36.0 Å². The van der Waals surface area contributed by atoms with Crippen molar-refractivity contribution in [1.29, 1.82) is 0 Å². The molecule has 1 heterocycles. The lowest BCUT2D eigenvalue weighted by Gasteiger charge is -2.52. The summed E-state index contributed by atoms with van der Waals surface area (Å²) in [7, 11) is 0. The molecule has 1 rings (SSSR count). The van der Waals surface area contributed by atoms with E-state index in [1.165, 1.54) is 0 Å². The Bertz CT molecular complexity index is 467. The Kier molecular flexibility index (Phi) is 5.85. The van der Waals surface area contributed by atoms with Gasteiger partial charge < -0.3 is 20.1 Å². The largest absolute Gasteiger partial charge is 0.464 e. The maximum atomic E-state index is 12.7. The van der Waals surface area contributed by atoms with Crippen LogP contribution in [0.3, 0.4) is 0 Å². The first-order valence-corrected chi connectivity index (χ1v) is 8.08. The second-order valence-corrected chi connectivity index (χ2v) is 7.37. The minimum absolute atomic E-state index is 0.0772. The summed E-state index contributed by atoms with van der Waals surface area (Å²) in [5, 5.41) is 6.55. The van der Waals surface area contributed by atoms with E-state index < -0.39 is 11.5 Å². The average Bonchev–Trinajstić information content (AvgIpc) is 2.35. The number of hydrogen-bond acceptors (Lipinski definition) is 6. The fraction of sp³-hybridized carbons (Fsp3) is 0.765. The van der Waals surface area contributed by atoms with Gasteiger partial charge in [0.25, 0.3) is 0 Å². The topological polar surface area (TPSA) is 76.7 Å². The molecular formula is C17H30N2O4. The maximum Gasteiger partial charge on any atom is 0.353 e. The summed E-state index contributed by atoms with van der Waals surface area (Å²) in [5.41, 5.74) is -1.56. The number of piperidine rings is 1. The number of esters is 2. The first-order chi connectivity index (χ1) is 10.5. The number of hydrogen-bond donors (Lipinski definition) is 2. The average molecular weight is 326 g/mol. The lowest BCUT2D eigenvalue weighted by molar-refractivity contribution is -0.155. The number of nitrogens with one attached hydrogen (secondary N) is 2. The van der Waals surface area contributed by atoms with Crippen LogP contribution in [-0.4, -0.2) is 41.8 Å². The maximum absolute atomic E-state index is 12.7. The molecule has 1 fully saturated rings. The van der Waals surface area contributed by atoms with Gasteiger partial charge in [0.05, 0.1) is 13.2 Å². The standard InChI is InChI=1S/C17H30N2O4/c1-8-22-13(20)12(3)18-17(14(21)23-9-2)10-15(4,5)19-16(6,7)11-17/h18-19H,3,8-11H2,1-2,4-7H3. The van der Waals surface area contributed by atoms with Crippen molar-refractivity contribution in [1.82, 2.24) is 10.6 Å². The zero-order valence-electron chi connectivity index (χ0n) is 15.2. The molecule has 6 nitrogen and oxygen atoms in total. The van der Waals surface area contributed by atoms with Gasteiger partial charge in [0.1, 0.15) is 11.2 Å². The van der Waals surface area contributed by atoms with Crippen LogP contribution in [-0.2, 0) is 19.1 Å². The van der Waals surface area contributed by atoms with Crippen LogP contribution < -0.4 is 10.6 Å². The molecule has 0 saturated carbocycles. The van der Waals surface area contributed by atoms with E-state index in [9.17, 15) is 9.59 Å². The molecule has 0 aromatic heterocycles. The van der Waals surface area contributed by atoms with Crippen molar-refractivity contribution in [3.63, 3.8) is 0 Å². The molecule has 0 amide bonds. The fourth-order valence-electron chi connectivity index (χ4n) is 3.69. The van der Waals surface area contributed by atoms with Crippen LogP contribution in [0.2, 0.25) is 0 Å². The lowest BCUT2D eigenvalue weighted by Crippen LogP contribution is -2.70. The van der Waals surface area contributed by atoms with Gasteiger partial charge in [-0.15, -0.1) is 0 Å². The van der Waals surface area contributed by atoms with Gasteiger partial charge in [-0.3, -0.25) is 0 Å². The third-order valence-corrected chi connectivity index (χ3v) is 3.74. The molecule has 0 radical (unpaired) electrons. The molecular weight excluding hydrogens is 296 g/mol. The van der Waals surface area contributed by atoms with E-state index in [2.05, 4.69) is 17.2 Å².